The third-order valence-electron chi connectivity index (χ3n) is 6.85. The molecule has 2 aromatic carbocycles. The van der Waals surface area contributed by atoms with Crippen molar-refractivity contribution in [1.82, 2.24) is 14.3 Å². The Morgan fingerprint density at radius 3 is 2.29 bits per heavy atom. The number of aromatic nitrogens is 3. The third-order valence-corrected chi connectivity index (χ3v) is 6.85. The SMILES string of the molecule is CCC1CCC(OC(=O)CCc2ccc(-n3c(C)nn(-c4ccc(C(=N)N)cc4)c3=O)cc2)CC1. The van der Waals surface area contributed by atoms with Crippen LogP contribution in [0.4, 0.5) is 0 Å². The van der Waals surface area contributed by atoms with Crippen LogP contribution in [-0.4, -0.2) is 32.3 Å². The van der Waals surface area contributed by atoms with Gasteiger partial charge in [-0.05, 0) is 86.9 Å². The molecule has 1 aromatic heterocycles. The highest BCUT2D eigenvalue weighted by Gasteiger charge is 2.22. The Morgan fingerprint density at radius 2 is 1.69 bits per heavy atom. The summed E-state index contributed by atoms with van der Waals surface area (Å²) < 4.78 is 8.56. The summed E-state index contributed by atoms with van der Waals surface area (Å²) in [5.74, 6) is 1.16. The Bertz CT molecular complexity index is 1230. The van der Waals surface area contributed by atoms with Gasteiger partial charge in [0.25, 0.3) is 0 Å². The van der Waals surface area contributed by atoms with Gasteiger partial charge in [0.1, 0.15) is 17.8 Å². The second-order valence-electron chi connectivity index (χ2n) is 9.24. The van der Waals surface area contributed by atoms with Crippen molar-refractivity contribution in [3.8, 4) is 11.4 Å². The van der Waals surface area contributed by atoms with Gasteiger partial charge >= 0.3 is 11.7 Å². The van der Waals surface area contributed by atoms with Crippen LogP contribution in [0.25, 0.3) is 11.4 Å². The molecule has 184 valence electrons. The fraction of sp³-hybridized carbons (Fsp3) is 0.407. The van der Waals surface area contributed by atoms with Gasteiger partial charge in [0.05, 0.1) is 11.4 Å². The number of amidine groups is 1. The Hall–Kier alpha value is -3.68. The van der Waals surface area contributed by atoms with Crippen LogP contribution in [0.15, 0.2) is 53.3 Å². The molecule has 3 aromatic rings. The number of aryl methyl sites for hydroxylation is 2. The topological polar surface area (TPSA) is 116 Å². The van der Waals surface area contributed by atoms with Crippen LogP contribution in [0.2, 0.25) is 0 Å². The van der Waals surface area contributed by atoms with Gasteiger partial charge in [-0.2, -0.15) is 4.68 Å². The first kappa shape index (κ1) is 24.4. The predicted octanol–water partition coefficient (Wildman–Crippen LogP) is 4.06. The van der Waals surface area contributed by atoms with Crippen LogP contribution in [-0.2, 0) is 16.0 Å². The number of nitrogens with two attached hydrogens (primary N) is 1. The molecular weight excluding hydrogens is 442 g/mol. The maximum absolute atomic E-state index is 13.1. The molecule has 1 saturated carbocycles. The zero-order valence-electron chi connectivity index (χ0n) is 20.4. The van der Waals surface area contributed by atoms with Crippen molar-refractivity contribution < 1.29 is 9.53 Å². The molecule has 1 aliphatic rings. The normalized spacial score (nSPS) is 17.8. The summed E-state index contributed by atoms with van der Waals surface area (Å²) >= 11 is 0. The van der Waals surface area contributed by atoms with E-state index in [1.807, 2.05) is 24.3 Å². The number of nitrogens with one attached hydrogen (secondary N) is 1. The number of esters is 1. The van der Waals surface area contributed by atoms with Crippen molar-refractivity contribution >= 4 is 11.8 Å². The van der Waals surface area contributed by atoms with Crippen LogP contribution in [0.5, 0.6) is 0 Å². The quantitative estimate of drug-likeness (QED) is 0.290. The molecule has 0 atom stereocenters. The van der Waals surface area contributed by atoms with Gasteiger partial charge in [-0.25, -0.2) is 9.36 Å². The Balaban J connectivity index is 1.38. The highest BCUT2D eigenvalue weighted by Crippen LogP contribution is 2.28. The van der Waals surface area contributed by atoms with Crippen LogP contribution in [0.1, 0.15) is 62.4 Å². The van der Waals surface area contributed by atoms with Crippen molar-refractivity contribution in [2.24, 2.45) is 11.7 Å². The van der Waals surface area contributed by atoms with E-state index in [2.05, 4.69) is 12.0 Å². The predicted molar refractivity (Wildman–Crippen MR) is 135 cm³/mol. The highest BCUT2D eigenvalue weighted by atomic mass is 16.5. The molecule has 0 aliphatic heterocycles. The first-order valence-corrected chi connectivity index (χ1v) is 12.3. The molecule has 8 heteroatoms. The van der Waals surface area contributed by atoms with Gasteiger partial charge in [0, 0.05) is 12.0 Å². The maximum atomic E-state index is 13.1. The molecule has 0 amide bonds. The fourth-order valence-corrected chi connectivity index (χ4v) is 4.67. The van der Waals surface area contributed by atoms with E-state index < -0.39 is 0 Å². The smallest absolute Gasteiger partial charge is 0.355 e. The lowest BCUT2D eigenvalue weighted by Crippen LogP contribution is -2.24. The zero-order chi connectivity index (χ0) is 24.9. The number of benzene rings is 2. The molecule has 4 rings (SSSR count). The first-order chi connectivity index (χ1) is 16.9. The van der Waals surface area contributed by atoms with Gasteiger partial charge in [-0.1, -0.05) is 25.5 Å². The molecule has 0 spiro atoms. The lowest BCUT2D eigenvalue weighted by atomic mass is 9.86. The second kappa shape index (κ2) is 10.7. The zero-order valence-corrected chi connectivity index (χ0v) is 20.4. The lowest BCUT2D eigenvalue weighted by Gasteiger charge is -2.27. The van der Waals surface area contributed by atoms with Crippen molar-refractivity contribution in [1.29, 1.82) is 5.41 Å². The Labute approximate surface area is 205 Å². The molecule has 0 bridgehead atoms. The number of rotatable bonds is 8. The van der Waals surface area contributed by atoms with E-state index in [1.165, 1.54) is 11.1 Å². The van der Waals surface area contributed by atoms with Crippen molar-refractivity contribution in [2.45, 2.75) is 64.9 Å². The molecule has 3 N–H and O–H groups in total. The van der Waals surface area contributed by atoms with Crippen LogP contribution in [0.3, 0.4) is 0 Å². The molecule has 8 nitrogen and oxygen atoms in total. The van der Waals surface area contributed by atoms with E-state index in [9.17, 15) is 9.59 Å². The standard InChI is InChI=1S/C27H33N5O3/c1-3-19-6-15-24(16-7-19)35-25(33)17-8-20-4-11-22(12-5-20)31-18(2)30-32(27(31)34)23-13-9-21(10-14-23)26(28)29/h4-5,9-14,19,24H,3,6-8,15-17H2,1-2H3,(H3,28,29). The second-order valence-corrected chi connectivity index (χ2v) is 9.24. The van der Waals surface area contributed by atoms with E-state index >= 15 is 0 Å². The fourth-order valence-electron chi connectivity index (χ4n) is 4.67. The van der Waals surface area contributed by atoms with E-state index in [4.69, 9.17) is 15.9 Å². The van der Waals surface area contributed by atoms with Gasteiger partial charge in [0.2, 0.25) is 0 Å². The Kier molecular flexibility index (Phi) is 7.48. The van der Waals surface area contributed by atoms with E-state index in [-0.39, 0.29) is 23.6 Å². The van der Waals surface area contributed by atoms with Gasteiger partial charge in [-0.3, -0.25) is 10.2 Å². The van der Waals surface area contributed by atoms with Gasteiger partial charge < -0.3 is 10.5 Å². The molecule has 35 heavy (non-hydrogen) atoms. The number of ether oxygens (including phenoxy) is 1. The largest absolute Gasteiger partial charge is 0.462 e. The van der Waals surface area contributed by atoms with E-state index in [0.717, 1.165) is 37.2 Å². The number of hydrogen-bond donors (Lipinski definition) is 2. The molecule has 1 fully saturated rings. The van der Waals surface area contributed by atoms with Crippen molar-refractivity contribution in [3.63, 3.8) is 0 Å². The maximum Gasteiger partial charge on any atom is 0.355 e. The first-order valence-electron chi connectivity index (χ1n) is 12.3. The molecule has 0 radical (unpaired) electrons. The summed E-state index contributed by atoms with van der Waals surface area (Å²) in [6, 6.07) is 14.4. The summed E-state index contributed by atoms with van der Waals surface area (Å²) in [4.78, 5) is 25.4. The molecule has 0 saturated heterocycles. The number of hydrogen-bond acceptors (Lipinski definition) is 5. The van der Waals surface area contributed by atoms with Crippen molar-refractivity contribution in [2.75, 3.05) is 0 Å². The summed E-state index contributed by atoms with van der Waals surface area (Å²) in [7, 11) is 0. The minimum absolute atomic E-state index is 0.0296. The summed E-state index contributed by atoms with van der Waals surface area (Å²) in [5.41, 5.74) is 8.12. The highest BCUT2D eigenvalue weighted by molar-refractivity contribution is 5.95. The number of carbonyl (C=O) groups excluding carboxylic acids is 1. The van der Waals surface area contributed by atoms with E-state index in [1.54, 1.807) is 35.8 Å². The minimum Gasteiger partial charge on any atom is -0.462 e. The third kappa shape index (κ3) is 5.70. The summed E-state index contributed by atoms with van der Waals surface area (Å²) in [5, 5.41) is 11.9. The number of nitrogens with zero attached hydrogens (tertiary/aromatic N) is 3. The van der Waals surface area contributed by atoms with Crippen molar-refractivity contribution in [3.05, 3.63) is 76.0 Å². The Morgan fingerprint density at radius 1 is 1.06 bits per heavy atom. The van der Waals surface area contributed by atoms with Crippen LogP contribution >= 0.6 is 0 Å². The van der Waals surface area contributed by atoms with Crippen LogP contribution < -0.4 is 11.4 Å². The van der Waals surface area contributed by atoms with E-state index in [0.29, 0.717) is 35.6 Å². The number of carbonyl (C=O) groups is 1. The molecular formula is C27H33N5O3. The molecule has 1 heterocycles. The van der Waals surface area contributed by atoms with Crippen LogP contribution in [0, 0.1) is 18.3 Å². The lowest BCUT2D eigenvalue weighted by molar-refractivity contribution is -0.150. The minimum atomic E-state index is -0.285. The summed E-state index contributed by atoms with van der Waals surface area (Å²) in [6.07, 6.45) is 6.46. The average molecular weight is 476 g/mol. The van der Waals surface area contributed by atoms with Gasteiger partial charge in [0.15, 0.2) is 0 Å². The number of nitrogen functional groups attached to an aromatic ring is 1. The average Bonchev–Trinajstić information content (AvgIpc) is 3.17. The molecule has 0 unspecified atom stereocenters. The summed E-state index contributed by atoms with van der Waals surface area (Å²) in [6.45, 7) is 4.00. The molecule has 1 aliphatic carbocycles. The van der Waals surface area contributed by atoms with Gasteiger partial charge in [-0.15, -0.1) is 5.10 Å². The monoisotopic (exact) mass is 475 g/mol.